The highest BCUT2D eigenvalue weighted by Crippen LogP contribution is 2.18. The van der Waals surface area contributed by atoms with Crippen molar-refractivity contribution in [1.82, 2.24) is 5.32 Å². The lowest BCUT2D eigenvalue weighted by molar-refractivity contribution is 0.252. The Bertz CT molecular complexity index is 1050. The number of hydrogen-bond donors (Lipinski definition) is 3. The summed E-state index contributed by atoms with van der Waals surface area (Å²) in [6.07, 6.45) is 0.514. The molecular weight excluding hydrogens is 407 g/mol. The number of urea groups is 2. The molecule has 0 aromatic heterocycles. The van der Waals surface area contributed by atoms with Gasteiger partial charge in [-0.3, -0.25) is 4.90 Å². The molecule has 0 saturated carbocycles. The fourth-order valence-electron chi connectivity index (χ4n) is 3.13. The summed E-state index contributed by atoms with van der Waals surface area (Å²) in [6.45, 7) is 4.63. The van der Waals surface area contributed by atoms with Gasteiger partial charge in [-0.2, -0.15) is 0 Å². The molecule has 32 heavy (non-hydrogen) atoms. The highest BCUT2D eigenvalue weighted by atomic mass is 19.1. The fourth-order valence-corrected chi connectivity index (χ4v) is 3.13. The van der Waals surface area contributed by atoms with Crippen molar-refractivity contribution in [2.45, 2.75) is 20.3 Å². The number of carbonyl (C=O) groups is 2. The van der Waals surface area contributed by atoms with Crippen molar-refractivity contribution in [1.29, 1.82) is 0 Å². The van der Waals surface area contributed by atoms with E-state index in [1.54, 1.807) is 12.1 Å². The van der Waals surface area contributed by atoms with Gasteiger partial charge in [0.25, 0.3) is 0 Å². The first kappa shape index (κ1) is 22.8. The van der Waals surface area contributed by atoms with Crippen LogP contribution in [0.5, 0.6) is 0 Å². The van der Waals surface area contributed by atoms with Gasteiger partial charge < -0.3 is 16.0 Å². The molecule has 0 radical (unpaired) electrons. The molecule has 0 bridgehead atoms. The van der Waals surface area contributed by atoms with E-state index in [2.05, 4.69) is 16.0 Å². The van der Waals surface area contributed by atoms with Crippen LogP contribution >= 0.6 is 0 Å². The van der Waals surface area contributed by atoms with E-state index < -0.39 is 0 Å². The van der Waals surface area contributed by atoms with Gasteiger partial charge in [0.1, 0.15) is 5.82 Å². The Hall–Kier alpha value is -3.87. The molecule has 0 aliphatic carbocycles. The Labute approximate surface area is 187 Å². The zero-order valence-corrected chi connectivity index (χ0v) is 18.2. The Kier molecular flexibility index (Phi) is 7.80. The highest BCUT2D eigenvalue weighted by molar-refractivity contribution is 6.01. The van der Waals surface area contributed by atoms with Crippen molar-refractivity contribution in [3.05, 3.63) is 89.7 Å². The molecule has 0 unspecified atom stereocenters. The fraction of sp³-hybridized carbons (Fsp3) is 0.200. The Balaban J connectivity index is 1.57. The molecule has 0 aliphatic rings. The summed E-state index contributed by atoms with van der Waals surface area (Å²) >= 11 is 0. The SMILES string of the molecule is Cc1ccc(NC(=O)NCCCN(C(=O)Nc2cccc(C)c2)c2ccc(F)cc2)cc1. The second kappa shape index (κ2) is 10.9. The summed E-state index contributed by atoms with van der Waals surface area (Å²) in [4.78, 5) is 26.6. The number of aryl methyl sites for hydroxylation is 2. The number of halogens is 1. The van der Waals surface area contributed by atoms with E-state index in [1.807, 2.05) is 62.4 Å². The maximum Gasteiger partial charge on any atom is 0.326 e. The highest BCUT2D eigenvalue weighted by Gasteiger charge is 2.16. The topological polar surface area (TPSA) is 73.5 Å². The van der Waals surface area contributed by atoms with Crippen molar-refractivity contribution in [3.63, 3.8) is 0 Å². The third kappa shape index (κ3) is 6.84. The van der Waals surface area contributed by atoms with Gasteiger partial charge in [0.05, 0.1) is 0 Å². The number of nitrogens with one attached hydrogen (secondary N) is 3. The molecular formula is C25H27FN4O2. The molecule has 3 aromatic rings. The van der Waals surface area contributed by atoms with E-state index >= 15 is 0 Å². The van der Waals surface area contributed by atoms with Gasteiger partial charge >= 0.3 is 12.1 Å². The Morgan fingerprint density at radius 3 is 2.25 bits per heavy atom. The minimum absolute atomic E-state index is 0.314. The van der Waals surface area contributed by atoms with Gasteiger partial charge in [-0.1, -0.05) is 29.8 Å². The van der Waals surface area contributed by atoms with E-state index in [-0.39, 0.29) is 17.9 Å². The number of benzene rings is 3. The molecule has 4 amide bonds. The maximum absolute atomic E-state index is 13.4. The standard InChI is InChI=1S/C25H27FN4O2/c1-18-7-11-21(12-8-18)28-24(31)27-15-4-16-30(23-13-9-20(26)10-14-23)25(32)29-22-6-3-5-19(2)17-22/h3,5-14,17H,4,15-16H2,1-2H3,(H,29,32)(H2,27,28,31). The zero-order valence-electron chi connectivity index (χ0n) is 18.2. The lowest BCUT2D eigenvalue weighted by Gasteiger charge is -2.23. The number of nitrogens with zero attached hydrogens (tertiary/aromatic N) is 1. The maximum atomic E-state index is 13.4. The molecule has 3 aromatic carbocycles. The van der Waals surface area contributed by atoms with Gasteiger partial charge in [0.2, 0.25) is 0 Å². The van der Waals surface area contributed by atoms with Crippen molar-refractivity contribution < 1.29 is 14.0 Å². The minimum atomic E-state index is -0.373. The van der Waals surface area contributed by atoms with Gasteiger partial charge in [0, 0.05) is 30.2 Å². The van der Waals surface area contributed by atoms with E-state index in [1.165, 1.54) is 17.0 Å². The van der Waals surface area contributed by atoms with Crippen molar-refractivity contribution in [3.8, 4) is 0 Å². The smallest absolute Gasteiger partial charge is 0.326 e. The molecule has 3 rings (SSSR count). The van der Waals surface area contributed by atoms with E-state index in [0.29, 0.717) is 36.6 Å². The first-order chi connectivity index (χ1) is 15.4. The van der Waals surface area contributed by atoms with Crippen molar-refractivity contribution in [2.75, 3.05) is 28.6 Å². The second-order valence-corrected chi connectivity index (χ2v) is 7.53. The third-order valence-corrected chi connectivity index (χ3v) is 4.81. The molecule has 166 valence electrons. The van der Waals surface area contributed by atoms with Gasteiger partial charge in [-0.15, -0.1) is 0 Å². The summed E-state index contributed by atoms with van der Waals surface area (Å²) in [5.41, 5.74) is 4.10. The summed E-state index contributed by atoms with van der Waals surface area (Å²) in [6, 6.07) is 20.1. The number of anilines is 3. The normalized spacial score (nSPS) is 10.3. The predicted octanol–water partition coefficient (Wildman–Crippen LogP) is 5.69. The molecule has 0 fully saturated rings. The molecule has 0 saturated heterocycles. The van der Waals surface area contributed by atoms with Gasteiger partial charge in [-0.05, 0) is 74.4 Å². The Morgan fingerprint density at radius 2 is 1.56 bits per heavy atom. The van der Waals surface area contributed by atoms with Crippen LogP contribution in [0.4, 0.5) is 31.0 Å². The average molecular weight is 435 g/mol. The second-order valence-electron chi connectivity index (χ2n) is 7.53. The molecule has 6 nitrogen and oxygen atoms in total. The molecule has 0 spiro atoms. The zero-order chi connectivity index (χ0) is 22.9. The largest absolute Gasteiger partial charge is 0.338 e. The van der Waals surface area contributed by atoms with E-state index in [4.69, 9.17) is 0 Å². The molecule has 3 N–H and O–H groups in total. The monoisotopic (exact) mass is 434 g/mol. The predicted molar refractivity (Wildman–Crippen MR) is 127 cm³/mol. The van der Waals surface area contributed by atoms with Crippen molar-refractivity contribution >= 4 is 29.1 Å². The van der Waals surface area contributed by atoms with E-state index in [0.717, 1.165) is 11.1 Å². The number of hydrogen-bond acceptors (Lipinski definition) is 2. The lowest BCUT2D eigenvalue weighted by Crippen LogP contribution is -2.38. The summed E-state index contributed by atoms with van der Waals surface area (Å²) in [5, 5.41) is 8.44. The van der Waals surface area contributed by atoms with Crippen LogP contribution in [0.3, 0.4) is 0 Å². The number of carbonyl (C=O) groups excluding carboxylic acids is 2. The molecule has 7 heteroatoms. The van der Waals surface area contributed by atoms with Crippen LogP contribution < -0.4 is 20.9 Å². The van der Waals surface area contributed by atoms with Crippen LogP contribution in [0.15, 0.2) is 72.8 Å². The number of rotatable bonds is 7. The summed E-state index contributed by atoms with van der Waals surface area (Å²) < 4.78 is 13.4. The van der Waals surface area contributed by atoms with Crippen LogP contribution in [-0.4, -0.2) is 25.2 Å². The third-order valence-electron chi connectivity index (χ3n) is 4.81. The first-order valence-electron chi connectivity index (χ1n) is 10.4. The Morgan fingerprint density at radius 1 is 0.844 bits per heavy atom. The van der Waals surface area contributed by atoms with Crippen LogP contribution in [-0.2, 0) is 0 Å². The van der Waals surface area contributed by atoms with Crippen molar-refractivity contribution in [2.24, 2.45) is 0 Å². The van der Waals surface area contributed by atoms with E-state index in [9.17, 15) is 14.0 Å². The van der Waals surface area contributed by atoms with Crippen LogP contribution in [0.25, 0.3) is 0 Å². The van der Waals surface area contributed by atoms with Crippen LogP contribution in [0.2, 0.25) is 0 Å². The summed E-state index contributed by atoms with van der Waals surface area (Å²) in [5.74, 6) is -0.373. The molecule has 0 heterocycles. The minimum Gasteiger partial charge on any atom is -0.338 e. The van der Waals surface area contributed by atoms with Crippen LogP contribution in [0, 0.1) is 19.7 Å². The average Bonchev–Trinajstić information content (AvgIpc) is 2.76. The van der Waals surface area contributed by atoms with Gasteiger partial charge in [-0.25, -0.2) is 14.0 Å². The van der Waals surface area contributed by atoms with Crippen LogP contribution in [0.1, 0.15) is 17.5 Å². The number of amides is 4. The quantitative estimate of drug-likeness (QED) is 0.418. The lowest BCUT2D eigenvalue weighted by atomic mass is 10.2. The first-order valence-corrected chi connectivity index (χ1v) is 10.4. The van der Waals surface area contributed by atoms with Gasteiger partial charge in [0.15, 0.2) is 0 Å². The molecule has 0 aliphatic heterocycles. The molecule has 0 atom stereocenters. The summed E-state index contributed by atoms with van der Waals surface area (Å²) in [7, 11) is 0.